The van der Waals surface area contributed by atoms with Gasteiger partial charge in [0.2, 0.25) is 11.8 Å². The molecule has 184 valence electrons. The first-order chi connectivity index (χ1) is 16.9. The summed E-state index contributed by atoms with van der Waals surface area (Å²) >= 11 is 6.41. The van der Waals surface area contributed by atoms with E-state index in [4.69, 9.17) is 16.3 Å². The highest BCUT2D eigenvalue weighted by Crippen LogP contribution is 2.28. The average molecular weight is 497 g/mol. The fourth-order valence-corrected chi connectivity index (χ4v) is 3.76. The van der Waals surface area contributed by atoms with E-state index in [0.29, 0.717) is 35.2 Å². The van der Waals surface area contributed by atoms with Crippen LogP contribution in [0, 0.1) is 0 Å². The topological polar surface area (TPSA) is 93.5 Å². The number of benzene rings is 2. The number of halogens is 1. The standard InChI is InChI=1S/C26H29ClN4O4/c1-3-16-30(25(33)14-15-26(34)35-4-2)18-24(32)28-23-17-21(19-10-6-5-7-11-19)29-31(23)22-13-9-8-12-20(22)27/h5-13,17H,3-4,14-16,18H2,1-2H3,(H,28,32). The molecule has 1 heterocycles. The predicted molar refractivity (Wildman–Crippen MR) is 135 cm³/mol. The summed E-state index contributed by atoms with van der Waals surface area (Å²) in [6, 6.07) is 18.6. The molecule has 3 rings (SSSR count). The van der Waals surface area contributed by atoms with Crippen LogP contribution in [0.5, 0.6) is 0 Å². The number of carbonyl (C=O) groups excluding carboxylic acids is 3. The average Bonchev–Trinajstić information content (AvgIpc) is 3.26. The Kier molecular flexibility index (Phi) is 9.43. The zero-order valence-electron chi connectivity index (χ0n) is 19.9. The first-order valence-electron chi connectivity index (χ1n) is 11.6. The Balaban J connectivity index is 1.80. The third kappa shape index (κ3) is 7.16. The van der Waals surface area contributed by atoms with Gasteiger partial charge in [-0.1, -0.05) is 61.0 Å². The van der Waals surface area contributed by atoms with Crippen molar-refractivity contribution in [2.75, 3.05) is 25.0 Å². The van der Waals surface area contributed by atoms with Crippen molar-refractivity contribution < 1.29 is 19.1 Å². The molecule has 1 N–H and O–H groups in total. The van der Waals surface area contributed by atoms with Crippen molar-refractivity contribution in [2.24, 2.45) is 0 Å². The van der Waals surface area contributed by atoms with E-state index in [1.54, 1.807) is 23.7 Å². The van der Waals surface area contributed by atoms with Gasteiger partial charge in [-0.3, -0.25) is 14.4 Å². The third-order valence-electron chi connectivity index (χ3n) is 5.16. The van der Waals surface area contributed by atoms with Crippen molar-refractivity contribution in [3.05, 3.63) is 65.7 Å². The third-order valence-corrected chi connectivity index (χ3v) is 5.48. The van der Waals surface area contributed by atoms with Crippen LogP contribution in [0.3, 0.4) is 0 Å². The number of hydrogen-bond acceptors (Lipinski definition) is 5. The monoisotopic (exact) mass is 496 g/mol. The van der Waals surface area contributed by atoms with Gasteiger partial charge in [0.05, 0.1) is 36.0 Å². The number of para-hydroxylation sites is 1. The van der Waals surface area contributed by atoms with Gasteiger partial charge in [0.15, 0.2) is 0 Å². The lowest BCUT2D eigenvalue weighted by atomic mass is 10.1. The number of carbonyl (C=O) groups is 3. The number of esters is 1. The molecular weight excluding hydrogens is 468 g/mol. The number of rotatable bonds is 11. The molecule has 0 saturated carbocycles. The lowest BCUT2D eigenvalue weighted by Gasteiger charge is -2.21. The SMILES string of the molecule is CCCN(CC(=O)Nc1cc(-c2ccccc2)nn1-c1ccccc1Cl)C(=O)CCC(=O)OCC. The zero-order chi connectivity index (χ0) is 25.2. The van der Waals surface area contributed by atoms with E-state index in [9.17, 15) is 14.4 Å². The second-order valence-electron chi connectivity index (χ2n) is 7.81. The van der Waals surface area contributed by atoms with Gasteiger partial charge in [0, 0.05) is 24.6 Å². The van der Waals surface area contributed by atoms with E-state index in [-0.39, 0.29) is 37.8 Å². The lowest BCUT2D eigenvalue weighted by molar-refractivity contribution is -0.145. The first-order valence-corrected chi connectivity index (χ1v) is 11.9. The molecule has 0 unspecified atom stereocenters. The van der Waals surface area contributed by atoms with Gasteiger partial charge in [-0.05, 0) is 25.5 Å². The highest BCUT2D eigenvalue weighted by molar-refractivity contribution is 6.32. The molecule has 0 radical (unpaired) electrons. The maximum atomic E-state index is 13.0. The number of anilines is 1. The fourth-order valence-electron chi connectivity index (χ4n) is 3.55. The number of amides is 2. The van der Waals surface area contributed by atoms with E-state index in [1.807, 2.05) is 55.5 Å². The minimum Gasteiger partial charge on any atom is -0.466 e. The molecule has 0 aliphatic heterocycles. The highest BCUT2D eigenvalue weighted by atomic mass is 35.5. The lowest BCUT2D eigenvalue weighted by Crippen LogP contribution is -2.39. The Morgan fingerprint density at radius 1 is 1.03 bits per heavy atom. The van der Waals surface area contributed by atoms with E-state index >= 15 is 0 Å². The van der Waals surface area contributed by atoms with Crippen LogP contribution in [0.4, 0.5) is 5.82 Å². The second kappa shape index (κ2) is 12.7. The number of nitrogens with one attached hydrogen (secondary N) is 1. The van der Waals surface area contributed by atoms with Crippen molar-refractivity contribution >= 4 is 35.2 Å². The minimum atomic E-state index is -0.432. The van der Waals surface area contributed by atoms with Crippen LogP contribution in [0.2, 0.25) is 5.02 Å². The van der Waals surface area contributed by atoms with Crippen molar-refractivity contribution in [2.45, 2.75) is 33.1 Å². The summed E-state index contributed by atoms with van der Waals surface area (Å²) in [7, 11) is 0. The molecule has 0 aliphatic carbocycles. The summed E-state index contributed by atoms with van der Waals surface area (Å²) < 4.78 is 6.46. The summed E-state index contributed by atoms with van der Waals surface area (Å²) in [5.74, 6) is -0.661. The van der Waals surface area contributed by atoms with Gasteiger partial charge in [-0.2, -0.15) is 5.10 Å². The van der Waals surface area contributed by atoms with E-state index in [1.165, 1.54) is 4.90 Å². The molecule has 2 aromatic carbocycles. The number of hydrogen-bond donors (Lipinski definition) is 1. The van der Waals surface area contributed by atoms with Crippen molar-refractivity contribution in [1.29, 1.82) is 0 Å². The van der Waals surface area contributed by atoms with Crippen LogP contribution in [0.25, 0.3) is 16.9 Å². The largest absolute Gasteiger partial charge is 0.466 e. The number of aromatic nitrogens is 2. The van der Waals surface area contributed by atoms with Crippen LogP contribution < -0.4 is 5.32 Å². The molecule has 0 bridgehead atoms. The molecule has 8 nitrogen and oxygen atoms in total. The van der Waals surface area contributed by atoms with E-state index in [0.717, 1.165) is 5.56 Å². The summed E-state index contributed by atoms with van der Waals surface area (Å²) in [6.07, 6.45) is 0.643. The molecule has 0 atom stereocenters. The molecule has 3 aromatic rings. The summed E-state index contributed by atoms with van der Waals surface area (Å²) in [5.41, 5.74) is 2.16. The molecule has 0 saturated heterocycles. The second-order valence-corrected chi connectivity index (χ2v) is 8.22. The number of ether oxygens (including phenoxy) is 1. The van der Waals surface area contributed by atoms with Crippen molar-refractivity contribution in [3.8, 4) is 16.9 Å². The van der Waals surface area contributed by atoms with Crippen molar-refractivity contribution in [1.82, 2.24) is 14.7 Å². The molecule has 0 fully saturated rings. The van der Waals surface area contributed by atoms with Crippen LogP contribution in [0.15, 0.2) is 60.7 Å². The first kappa shape index (κ1) is 26.0. The van der Waals surface area contributed by atoms with Gasteiger partial charge in [-0.15, -0.1) is 0 Å². The Bertz CT molecular complexity index is 1160. The Hall–Kier alpha value is -3.65. The summed E-state index contributed by atoms with van der Waals surface area (Å²) in [5, 5.41) is 8.02. The zero-order valence-corrected chi connectivity index (χ0v) is 20.6. The van der Waals surface area contributed by atoms with Crippen LogP contribution in [-0.4, -0.2) is 52.2 Å². The minimum absolute atomic E-state index is 0.0121. The van der Waals surface area contributed by atoms with Crippen LogP contribution in [-0.2, 0) is 19.1 Å². The molecular formula is C26H29ClN4O4. The Labute approximate surface area is 209 Å². The van der Waals surface area contributed by atoms with Gasteiger partial charge in [0.25, 0.3) is 0 Å². The van der Waals surface area contributed by atoms with Gasteiger partial charge in [-0.25, -0.2) is 4.68 Å². The Morgan fingerprint density at radius 2 is 1.74 bits per heavy atom. The van der Waals surface area contributed by atoms with Crippen molar-refractivity contribution in [3.63, 3.8) is 0 Å². The number of nitrogens with zero attached hydrogens (tertiary/aromatic N) is 3. The van der Waals surface area contributed by atoms with Gasteiger partial charge >= 0.3 is 5.97 Å². The molecule has 0 aliphatic rings. The summed E-state index contributed by atoms with van der Waals surface area (Å²) in [6.45, 7) is 4.14. The van der Waals surface area contributed by atoms with Crippen LogP contribution in [0.1, 0.15) is 33.1 Å². The van der Waals surface area contributed by atoms with Gasteiger partial charge < -0.3 is 15.0 Å². The maximum Gasteiger partial charge on any atom is 0.306 e. The highest BCUT2D eigenvalue weighted by Gasteiger charge is 2.20. The Morgan fingerprint density at radius 3 is 2.43 bits per heavy atom. The molecule has 0 spiro atoms. The molecule has 1 aromatic heterocycles. The van der Waals surface area contributed by atoms with Gasteiger partial charge in [0.1, 0.15) is 5.82 Å². The van der Waals surface area contributed by atoms with E-state index in [2.05, 4.69) is 10.4 Å². The van der Waals surface area contributed by atoms with Crippen LogP contribution >= 0.6 is 11.6 Å². The fraction of sp³-hybridized carbons (Fsp3) is 0.308. The summed E-state index contributed by atoms with van der Waals surface area (Å²) in [4.78, 5) is 38.7. The normalized spacial score (nSPS) is 10.6. The molecule has 9 heteroatoms. The quantitative estimate of drug-likeness (QED) is 0.388. The predicted octanol–water partition coefficient (Wildman–Crippen LogP) is 4.71. The van der Waals surface area contributed by atoms with E-state index < -0.39 is 5.97 Å². The smallest absolute Gasteiger partial charge is 0.306 e. The molecule has 35 heavy (non-hydrogen) atoms. The molecule has 2 amide bonds. The maximum absolute atomic E-state index is 13.0.